The SMILES string of the molecule is COc1ccc(C=Cc2cc(CO)c(CO)c(OC)c2)c(N=O)c1O. The van der Waals surface area contributed by atoms with Crippen molar-refractivity contribution in [2.45, 2.75) is 13.2 Å². The first kappa shape index (κ1) is 18.4. The minimum Gasteiger partial charge on any atom is -0.503 e. The summed E-state index contributed by atoms with van der Waals surface area (Å²) in [4.78, 5) is 11.0. The lowest BCUT2D eigenvalue weighted by molar-refractivity contribution is 0.254. The molecule has 0 atom stereocenters. The topological polar surface area (TPSA) is 109 Å². The molecule has 0 aliphatic carbocycles. The molecule has 0 amide bonds. The third-order valence-electron chi connectivity index (χ3n) is 3.78. The smallest absolute Gasteiger partial charge is 0.188 e. The normalized spacial score (nSPS) is 10.9. The predicted octanol–water partition coefficient (Wildman–Crippen LogP) is 2.96. The van der Waals surface area contributed by atoms with Gasteiger partial charge in [0.15, 0.2) is 17.2 Å². The summed E-state index contributed by atoms with van der Waals surface area (Å²) in [5.74, 6) is 0.271. The summed E-state index contributed by atoms with van der Waals surface area (Å²) < 4.78 is 10.2. The van der Waals surface area contributed by atoms with Gasteiger partial charge in [-0.05, 0) is 40.6 Å². The minimum atomic E-state index is -0.330. The molecule has 25 heavy (non-hydrogen) atoms. The van der Waals surface area contributed by atoms with Crippen LogP contribution in [-0.4, -0.2) is 29.5 Å². The Morgan fingerprint density at radius 1 is 1.04 bits per heavy atom. The lowest BCUT2D eigenvalue weighted by atomic mass is 10.0. The van der Waals surface area contributed by atoms with Gasteiger partial charge in [0.1, 0.15) is 5.75 Å². The number of benzene rings is 2. The number of ether oxygens (including phenoxy) is 2. The van der Waals surface area contributed by atoms with Crippen LogP contribution in [-0.2, 0) is 13.2 Å². The first-order valence-electron chi connectivity index (χ1n) is 7.42. The van der Waals surface area contributed by atoms with Crippen molar-refractivity contribution in [3.05, 3.63) is 51.4 Å². The molecule has 0 aliphatic heterocycles. The highest BCUT2D eigenvalue weighted by atomic mass is 16.5. The van der Waals surface area contributed by atoms with Gasteiger partial charge >= 0.3 is 0 Å². The molecule has 0 saturated heterocycles. The number of aromatic hydroxyl groups is 1. The van der Waals surface area contributed by atoms with Crippen molar-refractivity contribution in [2.24, 2.45) is 5.18 Å². The van der Waals surface area contributed by atoms with E-state index in [0.717, 1.165) is 0 Å². The van der Waals surface area contributed by atoms with Crippen LogP contribution >= 0.6 is 0 Å². The van der Waals surface area contributed by atoms with E-state index in [2.05, 4.69) is 5.18 Å². The first-order valence-corrected chi connectivity index (χ1v) is 7.42. The minimum absolute atomic E-state index is 0.128. The first-order chi connectivity index (χ1) is 12.1. The summed E-state index contributed by atoms with van der Waals surface area (Å²) >= 11 is 0. The maximum atomic E-state index is 11.0. The van der Waals surface area contributed by atoms with Gasteiger partial charge in [-0.25, -0.2) is 0 Å². The second-order valence-electron chi connectivity index (χ2n) is 5.16. The fraction of sp³-hybridized carbons (Fsp3) is 0.222. The molecule has 0 aliphatic rings. The zero-order valence-electron chi connectivity index (χ0n) is 13.9. The van der Waals surface area contributed by atoms with Crippen LogP contribution in [0.4, 0.5) is 5.69 Å². The number of nitrogens with zero attached hydrogens (tertiary/aromatic N) is 1. The Bertz CT molecular complexity index is 775. The monoisotopic (exact) mass is 345 g/mol. The number of aliphatic hydroxyl groups excluding tert-OH is 2. The Morgan fingerprint density at radius 2 is 1.76 bits per heavy atom. The fourth-order valence-electron chi connectivity index (χ4n) is 2.48. The van der Waals surface area contributed by atoms with E-state index in [1.165, 1.54) is 20.3 Å². The number of nitroso groups, excluding NO2 is 1. The second-order valence-corrected chi connectivity index (χ2v) is 5.16. The van der Waals surface area contributed by atoms with Crippen molar-refractivity contribution in [3.63, 3.8) is 0 Å². The number of rotatable bonds is 7. The third-order valence-corrected chi connectivity index (χ3v) is 3.78. The summed E-state index contributed by atoms with van der Waals surface area (Å²) in [5.41, 5.74) is 2.01. The van der Waals surface area contributed by atoms with Crippen LogP contribution in [0.5, 0.6) is 17.2 Å². The number of hydrogen-bond donors (Lipinski definition) is 3. The average molecular weight is 345 g/mol. The number of hydrogen-bond acceptors (Lipinski definition) is 7. The lowest BCUT2D eigenvalue weighted by Crippen LogP contribution is -1.99. The summed E-state index contributed by atoms with van der Waals surface area (Å²) in [6.07, 6.45) is 3.28. The molecule has 7 heteroatoms. The van der Waals surface area contributed by atoms with Crippen LogP contribution in [0.1, 0.15) is 22.3 Å². The average Bonchev–Trinajstić information content (AvgIpc) is 2.65. The maximum Gasteiger partial charge on any atom is 0.188 e. The van der Waals surface area contributed by atoms with E-state index in [1.807, 2.05) is 0 Å². The third kappa shape index (κ3) is 3.78. The van der Waals surface area contributed by atoms with Crippen molar-refractivity contribution < 1.29 is 24.8 Å². The number of phenols is 1. The standard InChI is InChI=1S/C18H19NO6/c1-24-15-6-5-12(17(19-23)18(15)22)4-3-11-7-13(9-20)14(10-21)16(8-11)25-2/h3-8,20-22H,9-10H2,1-2H3. The van der Waals surface area contributed by atoms with E-state index in [1.54, 1.807) is 30.4 Å². The van der Waals surface area contributed by atoms with E-state index in [9.17, 15) is 20.2 Å². The fourth-order valence-corrected chi connectivity index (χ4v) is 2.48. The van der Waals surface area contributed by atoms with E-state index in [4.69, 9.17) is 9.47 Å². The predicted molar refractivity (Wildman–Crippen MR) is 93.9 cm³/mol. The van der Waals surface area contributed by atoms with Gasteiger partial charge in [0.05, 0.1) is 27.4 Å². The summed E-state index contributed by atoms with van der Waals surface area (Å²) in [5, 5.41) is 31.7. The summed E-state index contributed by atoms with van der Waals surface area (Å²) in [7, 11) is 2.85. The molecule has 2 aromatic carbocycles. The molecule has 2 aromatic rings. The zero-order chi connectivity index (χ0) is 18.4. The Kier molecular flexibility index (Phi) is 6.10. The van der Waals surface area contributed by atoms with Crippen LogP contribution in [0.3, 0.4) is 0 Å². The molecule has 0 heterocycles. The molecule has 132 valence electrons. The highest BCUT2D eigenvalue weighted by Gasteiger charge is 2.13. The largest absolute Gasteiger partial charge is 0.503 e. The van der Waals surface area contributed by atoms with Gasteiger partial charge in [0.25, 0.3) is 0 Å². The van der Waals surface area contributed by atoms with Crippen LogP contribution in [0, 0.1) is 4.91 Å². The quantitative estimate of drug-likeness (QED) is 0.526. The van der Waals surface area contributed by atoms with Gasteiger partial charge in [-0.3, -0.25) is 0 Å². The lowest BCUT2D eigenvalue weighted by Gasteiger charge is -2.12. The number of aliphatic hydroxyl groups is 2. The van der Waals surface area contributed by atoms with Crippen LogP contribution < -0.4 is 9.47 Å². The summed E-state index contributed by atoms with van der Waals surface area (Å²) in [6.45, 7) is -0.507. The Labute approximate surface area is 144 Å². The van der Waals surface area contributed by atoms with Crippen LogP contribution in [0.25, 0.3) is 12.2 Å². The molecule has 0 unspecified atom stereocenters. The molecule has 2 rings (SSSR count). The van der Waals surface area contributed by atoms with Gasteiger partial charge in [0, 0.05) is 11.1 Å². The van der Waals surface area contributed by atoms with Gasteiger partial charge in [-0.15, -0.1) is 4.91 Å². The molecule has 0 saturated carbocycles. The van der Waals surface area contributed by atoms with Gasteiger partial charge < -0.3 is 24.8 Å². The van der Waals surface area contributed by atoms with Crippen molar-refractivity contribution in [1.82, 2.24) is 0 Å². The van der Waals surface area contributed by atoms with Crippen molar-refractivity contribution >= 4 is 17.8 Å². The van der Waals surface area contributed by atoms with Gasteiger partial charge in [-0.1, -0.05) is 12.2 Å². The van der Waals surface area contributed by atoms with Gasteiger partial charge in [-0.2, -0.15) is 0 Å². The molecule has 0 bridgehead atoms. The molecular formula is C18H19NO6. The highest BCUT2D eigenvalue weighted by molar-refractivity contribution is 5.80. The second kappa shape index (κ2) is 8.27. The Balaban J connectivity index is 2.46. The van der Waals surface area contributed by atoms with E-state index >= 15 is 0 Å². The Hall–Kier alpha value is -2.90. The number of phenolic OH excluding ortho intramolecular Hbond substituents is 1. The van der Waals surface area contributed by atoms with E-state index in [0.29, 0.717) is 28.0 Å². The number of methoxy groups -OCH3 is 2. The van der Waals surface area contributed by atoms with Crippen molar-refractivity contribution in [2.75, 3.05) is 14.2 Å². The molecular weight excluding hydrogens is 326 g/mol. The van der Waals surface area contributed by atoms with Crippen LogP contribution in [0.15, 0.2) is 29.4 Å². The Morgan fingerprint density at radius 3 is 2.32 bits per heavy atom. The maximum absolute atomic E-state index is 11.0. The van der Waals surface area contributed by atoms with E-state index < -0.39 is 0 Å². The summed E-state index contributed by atoms with van der Waals surface area (Å²) in [6, 6.07) is 6.51. The molecule has 0 spiro atoms. The highest BCUT2D eigenvalue weighted by Crippen LogP contribution is 2.39. The van der Waals surface area contributed by atoms with Gasteiger partial charge in [0.2, 0.25) is 0 Å². The van der Waals surface area contributed by atoms with Crippen molar-refractivity contribution in [3.8, 4) is 17.2 Å². The van der Waals surface area contributed by atoms with Crippen LogP contribution in [0.2, 0.25) is 0 Å². The molecule has 3 N–H and O–H groups in total. The van der Waals surface area contributed by atoms with Crippen molar-refractivity contribution in [1.29, 1.82) is 0 Å². The molecule has 0 fully saturated rings. The molecule has 0 radical (unpaired) electrons. The zero-order valence-corrected chi connectivity index (χ0v) is 13.9. The molecule has 7 nitrogen and oxygen atoms in total. The molecule has 0 aromatic heterocycles. The van der Waals surface area contributed by atoms with E-state index in [-0.39, 0.29) is 30.4 Å².